The van der Waals surface area contributed by atoms with E-state index in [0.717, 1.165) is 0 Å². The van der Waals surface area contributed by atoms with Gasteiger partial charge < -0.3 is 0 Å². The molecule has 1 aromatic rings. The van der Waals surface area contributed by atoms with Gasteiger partial charge in [0.2, 0.25) is 0 Å². The van der Waals surface area contributed by atoms with E-state index in [4.69, 9.17) is 0 Å². The summed E-state index contributed by atoms with van der Waals surface area (Å²) >= 11 is 3.43. The Morgan fingerprint density at radius 2 is 1.33 bits per heavy atom. The highest BCUT2D eigenvalue weighted by atomic mass is 127. The minimum absolute atomic E-state index is 0.129. The molecule has 66 valence electrons. The van der Waals surface area contributed by atoms with E-state index in [1.165, 1.54) is 6.92 Å². The summed E-state index contributed by atoms with van der Waals surface area (Å²) < 4.78 is 38.8. The van der Waals surface area contributed by atoms with Crippen LogP contribution in [0.1, 0.15) is 5.56 Å². The molecule has 0 amide bonds. The molecule has 0 atom stereocenters. The van der Waals surface area contributed by atoms with Crippen molar-refractivity contribution in [1.29, 1.82) is 0 Å². The van der Waals surface area contributed by atoms with Crippen LogP contribution < -0.4 is 0 Å². The Bertz CT molecular complexity index is 231. The second-order valence-corrected chi connectivity index (χ2v) is 4.35. The standard InChI is InChI=1S/C7H3F3I2/c1-2-3(8)4(9)5(10)7(12)6(2)11/h1H3. The lowest BCUT2D eigenvalue weighted by molar-refractivity contribution is 0.438. The van der Waals surface area contributed by atoms with Crippen LogP contribution in [0, 0.1) is 31.5 Å². The highest BCUT2D eigenvalue weighted by Gasteiger charge is 2.19. The molecule has 0 radical (unpaired) electrons. The molecule has 0 N–H and O–H groups in total. The first-order valence-electron chi connectivity index (χ1n) is 2.94. The van der Waals surface area contributed by atoms with Gasteiger partial charge in [-0.2, -0.15) is 0 Å². The average molecular weight is 398 g/mol. The number of hydrogen-bond donors (Lipinski definition) is 0. The summed E-state index contributed by atoms with van der Waals surface area (Å²) in [6.45, 7) is 1.42. The minimum Gasteiger partial charge on any atom is -0.203 e. The molecule has 12 heavy (non-hydrogen) atoms. The van der Waals surface area contributed by atoms with Crippen molar-refractivity contribution >= 4 is 45.2 Å². The smallest absolute Gasteiger partial charge is 0.195 e. The van der Waals surface area contributed by atoms with Crippen LogP contribution in [0.25, 0.3) is 0 Å². The van der Waals surface area contributed by atoms with E-state index in [9.17, 15) is 13.2 Å². The first-order chi connectivity index (χ1) is 5.46. The molecule has 1 aromatic carbocycles. The fraction of sp³-hybridized carbons (Fsp3) is 0.143. The van der Waals surface area contributed by atoms with Crippen LogP contribution in [0.3, 0.4) is 0 Å². The van der Waals surface area contributed by atoms with Crippen molar-refractivity contribution in [2.75, 3.05) is 0 Å². The quantitative estimate of drug-likeness (QED) is 0.356. The van der Waals surface area contributed by atoms with Crippen LogP contribution in [0.2, 0.25) is 0 Å². The monoisotopic (exact) mass is 398 g/mol. The molecule has 5 heteroatoms. The van der Waals surface area contributed by atoms with Crippen molar-refractivity contribution in [1.82, 2.24) is 0 Å². The summed E-state index contributed by atoms with van der Waals surface area (Å²) in [5.74, 6) is -3.60. The summed E-state index contributed by atoms with van der Waals surface area (Å²) in [6, 6.07) is 0. The molecule has 0 bridgehead atoms. The van der Waals surface area contributed by atoms with E-state index in [2.05, 4.69) is 0 Å². The van der Waals surface area contributed by atoms with Gasteiger partial charge in [0.1, 0.15) is 0 Å². The number of rotatable bonds is 0. The zero-order valence-electron chi connectivity index (χ0n) is 5.89. The Kier molecular flexibility index (Phi) is 3.24. The van der Waals surface area contributed by atoms with Gasteiger partial charge in [0, 0.05) is 9.13 Å². The van der Waals surface area contributed by atoms with Crippen molar-refractivity contribution in [3.63, 3.8) is 0 Å². The van der Waals surface area contributed by atoms with Gasteiger partial charge in [0.05, 0.1) is 3.57 Å². The van der Waals surface area contributed by atoms with Gasteiger partial charge in [-0.05, 0) is 52.1 Å². The molecule has 0 nitrogen and oxygen atoms in total. The van der Waals surface area contributed by atoms with Gasteiger partial charge in [0.25, 0.3) is 0 Å². The summed E-state index contributed by atoms with van der Waals surface area (Å²) in [4.78, 5) is 0. The Morgan fingerprint density at radius 3 is 1.83 bits per heavy atom. The molecule has 0 heterocycles. The van der Waals surface area contributed by atoms with E-state index in [1.54, 1.807) is 45.2 Å². The second kappa shape index (κ2) is 3.69. The third-order valence-corrected chi connectivity index (χ3v) is 4.82. The number of halogens is 5. The largest absolute Gasteiger partial charge is 0.203 e. The highest BCUT2D eigenvalue weighted by Crippen LogP contribution is 2.26. The van der Waals surface area contributed by atoms with Gasteiger partial charge in [0.15, 0.2) is 17.5 Å². The molecule has 0 saturated carbocycles. The van der Waals surface area contributed by atoms with E-state index in [-0.39, 0.29) is 9.13 Å². The van der Waals surface area contributed by atoms with Gasteiger partial charge in [-0.3, -0.25) is 0 Å². The Balaban J connectivity index is 3.60. The first-order valence-corrected chi connectivity index (χ1v) is 5.10. The number of benzene rings is 1. The predicted octanol–water partition coefficient (Wildman–Crippen LogP) is 3.62. The lowest BCUT2D eigenvalue weighted by Gasteiger charge is -2.05. The minimum atomic E-state index is -1.39. The maximum absolute atomic E-state index is 12.8. The van der Waals surface area contributed by atoms with Crippen molar-refractivity contribution in [3.8, 4) is 0 Å². The van der Waals surface area contributed by atoms with E-state index in [0.29, 0.717) is 3.57 Å². The van der Waals surface area contributed by atoms with Crippen LogP contribution in [0.15, 0.2) is 0 Å². The van der Waals surface area contributed by atoms with Crippen molar-refractivity contribution < 1.29 is 13.2 Å². The third kappa shape index (κ3) is 1.57. The SMILES string of the molecule is Cc1c(F)c(F)c(F)c(I)c1I. The van der Waals surface area contributed by atoms with Crippen LogP contribution in [0.5, 0.6) is 0 Å². The molecular formula is C7H3F3I2. The van der Waals surface area contributed by atoms with Crippen LogP contribution in [-0.2, 0) is 0 Å². The Morgan fingerprint density at radius 1 is 0.833 bits per heavy atom. The van der Waals surface area contributed by atoms with Gasteiger partial charge in [-0.1, -0.05) is 0 Å². The average Bonchev–Trinajstić information content (AvgIpc) is 2.08. The molecule has 0 aliphatic carbocycles. The normalized spacial score (nSPS) is 10.5. The predicted molar refractivity (Wildman–Crippen MR) is 56.5 cm³/mol. The summed E-state index contributed by atoms with van der Waals surface area (Å²) in [6.07, 6.45) is 0. The molecule has 0 aromatic heterocycles. The lowest BCUT2D eigenvalue weighted by Crippen LogP contribution is -2.01. The molecule has 0 spiro atoms. The Labute approximate surface area is 94.8 Å². The summed E-state index contributed by atoms with van der Waals surface area (Å²) in [5, 5.41) is 0. The van der Waals surface area contributed by atoms with Crippen LogP contribution in [-0.4, -0.2) is 0 Å². The van der Waals surface area contributed by atoms with Gasteiger partial charge in [-0.25, -0.2) is 13.2 Å². The molecule has 0 fully saturated rings. The maximum Gasteiger partial charge on any atom is 0.195 e. The fourth-order valence-electron chi connectivity index (χ4n) is 0.715. The third-order valence-electron chi connectivity index (χ3n) is 1.43. The molecule has 0 aliphatic rings. The summed E-state index contributed by atoms with van der Waals surface area (Å²) in [7, 11) is 0. The molecule has 0 saturated heterocycles. The topological polar surface area (TPSA) is 0 Å². The Hall–Kier alpha value is 0.470. The molecule has 1 rings (SSSR count). The summed E-state index contributed by atoms with van der Waals surface area (Å²) in [5.41, 5.74) is 0.152. The molecule has 0 aliphatic heterocycles. The van der Waals surface area contributed by atoms with E-state index >= 15 is 0 Å². The first kappa shape index (κ1) is 10.6. The van der Waals surface area contributed by atoms with E-state index < -0.39 is 17.5 Å². The lowest BCUT2D eigenvalue weighted by atomic mass is 10.2. The van der Waals surface area contributed by atoms with E-state index in [1.807, 2.05) is 0 Å². The zero-order valence-corrected chi connectivity index (χ0v) is 10.2. The molecular weight excluding hydrogens is 395 g/mol. The van der Waals surface area contributed by atoms with Crippen molar-refractivity contribution in [2.45, 2.75) is 6.92 Å². The second-order valence-electron chi connectivity index (χ2n) is 2.19. The fourth-order valence-corrected chi connectivity index (χ4v) is 1.83. The van der Waals surface area contributed by atoms with Crippen molar-refractivity contribution in [2.24, 2.45) is 0 Å². The van der Waals surface area contributed by atoms with Gasteiger partial charge in [-0.15, -0.1) is 0 Å². The highest BCUT2D eigenvalue weighted by molar-refractivity contribution is 14.1. The van der Waals surface area contributed by atoms with Crippen LogP contribution >= 0.6 is 45.2 Å². The van der Waals surface area contributed by atoms with Crippen LogP contribution in [0.4, 0.5) is 13.2 Å². The van der Waals surface area contributed by atoms with Gasteiger partial charge >= 0.3 is 0 Å². The van der Waals surface area contributed by atoms with Crippen molar-refractivity contribution in [3.05, 3.63) is 30.2 Å². The maximum atomic E-state index is 12.8. The molecule has 0 unspecified atom stereocenters. The zero-order chi connectivity index (χ0) is 9.46. The number of hydrogen-bond acceptors (Lipinski definition) is 0.